The molecule has 0 bridgehead atoms. The first-order valence-electron chi connectivity index (χ1n) is 4.46. The predicted octanol–water partition coefficient (Wildman–Crippen LogP) is 0.920. The summed E-state index contributed by atoms with van der Waals surface area (Å²) in [7, 11) is 3.96. The second-order valence-corrected chi connectivity index (χ2v) is 3.63. The van der Waals surface area contributed by atoms with Crippen LogP contribution >= 0.6 is 12.2 Å². The molecule has 1 aromatic rings. The van der Waals surface area contributed by atoms with Gasteiger partial charge in [0, 0.05) is 25.3 Å². The van der Waals surface area contributed by atoms with Gasteiger partial charge < -0.3 is 10.6 Å². The molecule has 1 aromatic carbocycles. The Labute approximate surface area is 94.8 Å². The Balaban J connectivity index is 2.84. The van der Waals surface area contributed by atoms with Crippen LogP contribution < -0.4 is 16.1 Å². The minimum Gasteiger partial charge on any atom is -0.377 e. The van der Waals surface area contributed by atoms with Gasteiger partial charge in [-0.25, -0.2) is 0 Å². The van der Waals surface area contributed by atoms with Crippen LogP contribution in [-0.2, 0) is 0 Å². The fourth-order valence-electron chi connectivity index (χ4n) is 1.17. The van der Waals surface area contributed by atoms with Crippen molar-refractivity contribution in [2.24, 2.45) is 10.8 Å². The smallest absolute Gasteiger partial charge is 0.184 e. The van der Waals surface area contributed by atoms with Gasteiger partial charge in [0.15, 0.2) is 5.11 Å². The molecule has 0 amide bonds. The summed E-state index contributed by atoms with van der Waals surface area (Å²) in [6, 6.07) is 7.92. The maximum atomic E-state index is 5.25. The molecule has 0 fully saturated rings. The molecule has 0 radical (unpaired) electrons. The molecular weight excluding hydrogens is 208 g/mol. The number of benzene rings is 1. The van der Waals surface area contributed by atoms with E-state index in [0.717, 1.165) is 11.3 Å². The number of hydrogen-bond donors (Lipinski definition) is 2. The van der Waals surface area contributed by atoms with Crippen molar-refractivity contribution in [2.45, 2.75) is 0 Å². The van der Waals surface area contributed by atoms with E-state index in [2.05, 4.69) is 22.7 Å². The van der Waals surface area contributed by atoms with E-state index < -0.39 is 0 Å². The quantitative estimate of drug-likeness (QED) is 0.453. The van der Waals surface area contributed by atoms with Crippen LogP contribution in [0.1, 0.15) is 5.56 Å². The number of rotatable bonds is 3. The summed E-state index contributed by atoms with van der Waals surface area (Å²) in [6.45, 7) is 0. The van der Waals surface area contributed by atoms with Crippen LogP contribution in [0.3, 0.4) is 0 Å². The van der Waals surface area contributed by atoms with Crippen LogP contribution in [-0.4, -0.2) is 25.4 Å². The van der Waals surface area contributed by atoms with Gasteiger partial charge in [0.05, 0.1) is 6.21 Å². The molecule has 15 heavy (non-hydrogen) atoms. The predicted molar refractivity (Wildman–Crippen MR) is 68.3 cm³/mol. The molecule has 0 atom stereocenters. The Morgan fingerprint density at radius 1 is 1.47 bits per heavy atom. The maximum absolute atomic E-state index is 5.25. The van der Waals surface area contributed by atoms with Crippen LogP contribution in [0.15, 0.2) is 29.4 Å². The first-order valence-corrected chi connectivity index (χ1v) is 4.87. The van der Waals surface area contributed by atoms with Crippen LogP contribution in [0.25, 0.3) is 0 Å². The molecule has 0 aliphatic rings. The van der Waals surface area contributed by atoms with Crippen molar-refractivity contribution < 1.29 is 0 Å². The number of anilines is 1. The highest BCUT2D eigenvalue weighted by atomic mass is 32.1. The summed E-state index contributed by atoms with van der Waals surface area (Å²) >= 11 is 4.64. The fourth-order valence-corrected chi connectivity index (χ4v) is 1.22. The van der Waals surface area contributed by atoms with Gasteiger partial charge in [-0.05, 0) is 18.3 Å². The molecule has 5 heteroatoms. The third kappa shape index (κ3) is 3.55. The van der Waals surface area contributed by atoms with Gasteiger partial charge in [-0.1, -0.05) is 18.2 Å². The van der Waals surface area contributed by atoms with Gasteiger partial charge in [-0.15, -0.1) is 0 Å². The van der Waals surface area contributed by atoms with E-state index in [1.54, 1.807) is 6.21 Å². The van der Waals surface area contributed by atoms with E-state index in [-0.39, 0.29) is 5.11 Å². The molecule has 80 valence electrons. The fraction of sp³-hybridized carbons (Fsp3) is 0.200. The van der Waals surface area contributed by atoms with Crippen molar-refractivity contribution in [1.29, 1.82) is 0 Å². The van der Waals surface area contributed by atoms with Crippen molar-refractivity contribution in [1.82, 2.24) is 5.43 Å². The van der Waals surface area contributed by atoms with Crippen molar-refractivity contribution in [3.63, 3.8) is 0 Å². The van der Waals surface area contributed by atoms with Gasteiger partial charge in [-0.2, -0.15) is 5.10 Å². The summed E-state index contributed by atoms with van der Waals surface area (Å²) in [6.07, 6.45) is 1.69. The van der Waals surface area contributed by atoms with E-state index in [4.69, 9.17) is 5.73 Å². The molecule has 0 saturated heterocycles. The van der Waals surface area contributed by atoms with Crippen molar-refractivity contribution in [3.8, 4) is 0 Å². The largest absolute Gasteiger partial charge is 0.377 e. The first kappa shape index (κ1) is 11.5. The number of nitrogens with two attached hydrogens (primary N) is 1. The van der Waals surface area contributed by atoms with Gasteiger partial charge in [0.2, 0.25) is 0 Å². The normalized spacial score (nSPS) is 10.3. The number of hydrazone groups is 1. The molecule has 0 aliphatic carbocycles. The molecule has 0 aliphatic heterocycles. The van der Waals surface area contributed by atoms with Crippen LogP contribution in [0.4, 0.5) is 5.69 Å². The lowest BCUT2D eigenvalue weighted by Crippen LogP contribution is -2.24. The van der Waals surface area contributed by atoms with Gasteiger partial charge in [0.1, 0.15) is 0 Å². The number of hydrogen-bond acceptors (Lipinski definition) is 3. The lowest BCUT2D eigenvalue weighted by molar-refractivity contribution is 1.04. The lowest BCUT2D eigenvalue weighted by Gasteiger charge is -2.14. The minimum absolute atomic E-state index is 0.161. The van der Waals surface area contributed by atoms with Crippen molar-refractivity contribution >= 4 is 29.2 Å². The molecule has 4 nitrogen and oxygen atoms in total. The summed E-state index contributed by atoms with van der Waals surface area (Å²) in [4.78, 5) is 2.02. The first-order chi connectivity index (χ1) is 7.11. The lowest BCUT2D eigenvalue weighted by atomic mass is 10.2. The van der Waals surface area contributed by atoms with E-state index in [9.17, 15) is 0 Å². The van der Waals surface area contributed by atoms with E-state index in [1.807, 2.05) is 43.3 Å². The zero-order valence-corrected chi connectivity index (χ0v) is 9.58. The Hall–Kier alpha value is -1.62. The molecule has 0 spiro atoms. The average molecular weight is 222 g/mol. The molecule has 3 N–H and O–H groups in total. The van der Waals surface area contributed by atoms with E-state index in [0.29, 0.717) is 0 Å². The topological polar surface area (TPSA) is 53.6 Å². The molecule has 0 saturated carbocycles. The standard InChI is InChI=1S/C10H14N4S/c1-14(2)9-6-4-3-5-8(9)7-12-13-10(11)15/h3-7H,1-2H3,(H3,11,13,15). The highest BCUT2D eigenvalue weighted by Crippen LogP contribution is 2.15. The monoisotopic (exact) mass is 222 g/mol. The Morgan fingerprint density at radius 3 is 2.73 bits per heavy atom. The zero-order chi connectivity index (χ0) is 11.3. The molecular formula is C10H14N4S. The number of nitrogens with one attached hydrogen (secondary N) is 1. The summed E-state index contributed by atoms with van der Waals surface area (Å²) in [5.41, 5.74) is 9.87. The molecule has 0 aromatic heterocycles. The SMILES string of the molecule is CN(C)c1ccccc1C=NNC(N)=S. The number of nitrogens with zero attached hydrogens (tertiary/aromatic N) is 2. The summed E-state index contributed by atoms with van der Waals surface area (Å²) < 4.78 is 0. The Kier molecular flexibility index (Phi) is 4.05. The summed E-state index contributed by atoms with van der Waals surface area (Å²) in [5, 5.41) is 4.08. The van der Waals surface area contributed by atoms with E-state index in [1.165, 1.54) is 0 Å². The summed E-state index contributed by atoms with van der Waals surface area (Å²) in [5.74, 6) is 0. The highest BCUT2D eigenvalue weighted by Gasteiger charge is 1.99. The number of para-hydroxylation sites is 1. The van der Waals surface area contributed by atoms with Crippen LogP contribution in [0.5, 0.6) is 0 Å². The van der Waals surface area contributed by atoms with Gasteiger partial charge in [-0.3, -0.25) is 5.43 Å². The van der Waals surface area contributed by atoms with Gasteiger partial charge in [0.25, 0.3) is 0 Å². The van der Waals surface area contributed by atoms with Crippen LogP contribution in [0, 0.1) is 0 Å². The van der Waals surface area contributed by atoms with Crippen molar-refractivity contribution in [3.05, 3.63) is 29.8 Å². The average Bonchev–Trinajstić information content (AvgIpc) is 2.17. The van der Waals surface area contributed by atoms with Crippen LogP contribution in [0.2, 0.25) is 0 Å². The third-order valence-electron chi connectivity index (χ3n) is 1.80. The second-order valence-electron chi connectivity index (χ2n) is 3.19. The Bertz CT molecular complexity index is 373. The molecule has 1 rings (SSSR count). The zero-order valence-electron chi connectivity index (χ0n) is 8.77. The van der Waals surface area contributed by atoms with Gasteiger partial charge >= 0.3 is 0 Å². The maximum Gasteiger partial charge on any atom is 0.184 e. The highest BCUT2D eigenvalue weighted by molar-refractivity contribution is 7.80. The third-order valence-corrected chi connectivity index (χ3v) is 1.89. The van der Waals surface area contributed by atoms with Crippen molar-refractivity contribution in [2.75, 3.05) is 19.0 Å². The number of thiocarbonyl (C=S) groups is 1. The Morgan fingerprint density at radius 2 is 2.13 bits per heavy atom. The minimum atomic E-state index is 0.161. The van der Waals surface area contributed by atoms with E-state index >= 15 is 0 Å². The molecule has 0 unspecified atom stereocenters. The second kappa shape index (κ2) is 5.31. The molecule has 0 heterocycles.